The third-order valence-corrected chi connectivity index (χ3v) is 3.56. The molecule has 2 amide bonds. The van der Waals surface area contributed by atoms with E-state index in [4.69, 9.17) is 0 Å². The summed E-state index contributed by atoms with van der Waals surface area (Å²) in [5.41, 5.74) is 1.01. The number of carbonyl (C=O) groups is 2. The lowest BCUT2D eigenvalue weighted by Gasteiger charge is -2.14. The number of aliphatic hydroxyl groups is 1. The van der Waals surface area contributed by atoms with Crippen molar-refractivity contribution < 1.29 is 23.5 Å². The molecule has 1 aliphatic rings. The van der Waals surface area contributed by atoms with Gasteiger partial charge in [0, 0.05) is 6.07 Å². The molecule has 0 aliphatic carbocycles. The highest BCUT2D eigenvalue weighted by Crippen LogP contribution is 2.32. The first-order valence-corrected chi connectivity index (χ1v) is 6.74. The molecule has 4 nitrogen and oxygen atoms in total. The van der Waals surface area contributed by atoms with E-state index in [0.717, 1.165) is 23.8 Å². The summed E-state index contributed by atoms with van der Waals surface area (Å²) in [4.78, 5) is 25.2. The molecule has 6 heteroatoms. The van der Waals surface area contributed by atoms with Crippen molar-refractivity contribution in [3.63, 3.8) is 0 Å². The Labute approximate surface area is 130 Å². The Kier molecular flexibility index (Phi) is 3.44. The lowest BCUT2D eigenvalue weighted by atomic mass is 10.0. The minimum atomic E-state index is -1.19. The van der Waals surface area contributed by atoms with Gasteiger partial charge in [-0.15, -0.1) is 0 Å². The van der Waals surface area contributed by atoms with Crippen molar-refractivity contribution in [1.29, 1.82) is 0 Å². The number of nitrogens with zero attached hydrogens (tertiary/aromatic N) is 1. The summed E-state index contributed by atoms with van der Waals surface area (Å²) in [6.07, 6.45) is 0. The summed E-state index contributed by atoms with van der Waals surface area (Å²) in [6.45, 7) is 1.85. The predicted octanol–water partition coefficient (Wildman–Crippen LogP) is 3.12. The van der Waals surface area contributed by atoms with Crippen molar-refractivity contribution in [2.24, 2.45) is 0 Å². The number of rotatable bonds is 2. The van der Waals surface area contributed by atoms with Crippen molar-refractivity contribution in [2.75, 3.05) is 4.90 Å². The highest BCUT2D eigenvalue weighted by atomic mass is 19.2. The predicted molar refractivity (Wildman–Crippen MR) is 79.6 cm³/mol. The number of hydrogen-bond donors (Lipinski definition) is 1. The third kappa shape index (κ3) is 2.38. The largest absolute Gasteiger partial charge is 0.502 e. The molecule has 2 aromatic carbocycles. The van der Waals surface area contributed by atoms with Crippen LogP contribution >= 0.6 is 0 Å². The van der Waals surface area contributed by atoms with Crippen LogP contribution in [0.25, 0.3) is 5.57 Å². The number of carbonyl (C=O) groups excluding carboxylic acids is 2. The van der Waals surface area contributed by atoms with Gasteiger partial charge in [0.05, 0.1) is 11.3 Å². The Hall–Kier alpha value is -3.02. The molecule has 116 valence electrons. The van der Waals surface area contributed by atoms with Crippen LogP contribution in [0.4, 0.5) is 14.5 Å². The molecule has 0 spiro atoms. The molecule has 0 aromatic heterocycles. The van der Waals surface area contributed by atoms with Gasteiger partial charge in [-0.2, -0.15) is 0 Å². The quantitative estimate of drug-likeness (QED) is 0.866. The van der Waals surface area contributed by atoms with Crippen molar-refractivity contribution in [3.8, 4) is 0 Å². The highest BCUT2D eigenvalue weighted by Gasteiger charge is 2.40. The number of benzene rings is 2. The lowest BCUT2D eigenvalue weighted by molar-refractivity contribution is -0.121. The molecule has 0 unspecified atom stereocenters. The lowest BCUT2D eigenvalue weighted by Crippen LogP contribution is -2.31. The molecule has 23 heavy (non-hydrogen) atoms. The first-order valence-electron chi connectivity index (χ1n) is 6.74. The number of aliphatic hydroxyl groups excluding tert-OH is 1. The zero-order valence-electron chi connectivity index (χ0n) is 12.0. The molecule has 0 fully saturated rings. The van der Waals surface area contributed by atoms with Crippen LogP contribution in [0.3, 0.4) is 0 Å². The van der Waals surface area contributed by atoms with E-state index in [2.05, 4.69) is 0 Å². The maximum absolute atomic E-state index is 13.3. The molecule has 1 aliphatic heterocycles. The Bertz CT molecular complexity index is 857. The van der Waals surface area contributed by atoms with E-state index >= 15 is 0 Å². The van der Waals surface area contributed by atoms with E-state index in [-0.39, 0.29) is 11.3 Å². The van der Waals surface area contributed by atoms with Gasteiger partial charge in [-0.25, -0.2) is 13.7 Å². The second kappa shape index (κ2) is 5.31. The van der Waals surface area contributed by atoms with Crippen molar-refractivity contribution in [1.82, 2.24) is 0 Å². The van der Waals surface area contributed by atoms with Gasteiger partial charge in [0.25, 0.3) is 5.91 Å². The summed E-state index contributed by atoms with van der Waals surface area (Å²) >= 11 is 0. The van der Waals surface area contributed by atoms with Crippen molar-refractivity contribution >= 4 is 23.1 Å². The molecule has 0 saturated heterocycles. The number of imide groups is 1. The summed E-state index contributed by atoms with van der Waals surface area (Å²) in [6, 6.07) is 9.30. The summed E-state index contributed by atoms with van der Waals surface area (Å²) in [5, 5.41) is 10.0. The van der Waals surface area contributed by atoms with Gasteiger partial charge in [-0.3, -0.25) is 9.59 Å². The van der Waals surface area contributed by atoms with Crippen LogP contribution in [0.5, 0.6) is 0 Å². The monoisotopic (exact) mass is 315 g/mol. The van der Waals surface area contributed by atoms with Crippen molar-refractivity contribution in [2.45, 2.75) is 6.92 Å². The van der Waals surface area contributed by atoms with E-state index in [9.17, 15) is 23.5 Å². The fourth-order valence-electron chi connectivity index (χ4n) is 2.36. The first-order chi connectivity index (χ1) is 10.9. The first kappa shape index (κ1) is 14.9. The molecule has 2 aromatic rings. The molecule has 3 rings (SSSR count). The minimum absolute atomic E-state index is 0.146. The van der Waals surface area contributed by atoms with Crippen LogP contribution in [0.2, 0.25) is 0 Å². The topological polar surface area (TPSA) is 57.6 Å². The molecular formula is C17H11F2NO3. The fourth-order valence-corrected chi connectivity index (χ4v) is 2.36. The Morgan fingerprint density at radius 1 is 0.913 bits per heavy atom. The van der Waals surface area contributed by atoms with Crippen LogP contribution in [-0.2, 0) is 9.59 Å². The van der Waals surface area contributed by atoms with Crippen LogP contribution in [-0.4, -0.2) is 16.9 Å². The molecule has 0 atom stereocenters. The van der Waals surface area contributed by atoms with Gasteiger partial charge in [-0.1, -0.05) is 29.8 Å². The number of halogens is 2. The number of anilines is 1. The number of hydrogen-bond acceptors (Lipinski definition) is 3. The van der Waals surface area contributed by atoms with E-state index in [1.54, 1.807) is 24.3 Å². The van der Waals surface area contributed by atoms with Crippen LogP contribution in [0.1, 0.15) is 11.1 Å². The average Bonchev–Trinajstić information content (AvgIpc) is 2.74. The summed E-state index contributed by atoms with van der Waals surface area (Å²) < 4.78 is 26.4. The summed E-state index contributed by atoms with van der Waals surface area (Å²) in [5.74, 6) is -4.77. The highest BCUT2D eigenvalue weighted by molar-refractivity contribution is 6.44. The van der Waals surface area contributed by atoms with Gasteiger partial charge >= 0.3 is 5.91 Å². The van der Waals surface area contributed by atoms with Crippen LogP contribution in [0.15, 0.2) is 48.2 Å². The van der Waals surface area contributed by atoms with Gasteiger partial charge in [-0.05, 0) is 24.6 Å². The van der Waals surface area contributed by atoms with Crippen LogP contribution < -0.4 is 4.90 Å². The SMILES string of the molecule is Cc1ccc(C2=C(O)C(=O)N(c3ccc(F)c(F)c3)C2=O)cc1. The maximum Gasteiger partial charge on any atom is 0.301 e. The van der Waals surface area contributed by atoms with Gasteiger partial charge in [0.15, 0.2) is 17.4 Å². The second-order valence-corrected chi connectivity index (χ2v) is 5.13. The third-order valence-electron chi connectivity index (χ3n) is 3.56. The van der Waals surface area contributed by atoms with E-state index in [0.29, 0.717) is 10.5 Å². The van der Waals surface area contributed by atoms with E-state index in [1.807, 2.05) is 6.92 Å². The van der Waals surface area contributed by atoms with Crippen molar-refractivity contribution in [3.05, 3.63) is 71.0 Å². The van der Waals surface area contributed by atoms with Gasteiger partial charge < -0.3 is 5.11 Å². The average molecular weight is 315 g/mol. The van der Waals surface area contributed by atoms with Gasteiger partial charge in [0.2, 0.25) is 0 Å². The smallest absolute Gasteiger partial charge is 0.301 e. The Morgan fingerprint density at radius 2 is 1.57 bits per heavy atom. The molecule has 1 N–H and O–H groups in total. The summed E-state index contributed by atoms with van der Waals surface area (Å²) in [7, 11) is 0. The Balaban J connectivity index is 2.05. The Morgan fingerprint density at radius 3 is 2.17 bits per heavy atom. The molecule has 0 saturated carbocycles. The van der Waals surface area contributed by atoms with E-state index in [1.165, 1.54) is 0 Å². The molecule has 0 bridgehead atoms. The normalized spacial score (nSPS) is 14.8. The molecular weight excluding hydrogens is 304 g/mol. The minimum Gasteiger partial charge on any atom is -0.502 e. The fraction of sp³-hybridized carbons (Fsp3) is 0.0588. The second-order valence-electron chi connectivity index (χ2n) is 5.13. The zero-order valence-corrected chi connectivity index (χ0v) is 12.0. The van der Waals surface area contributed by atoms with Crippen LogP contribution in [0, 0.1) is 18.6 Å². The van der Waals surface area contributed by atoms with E-state index < -0.39 is 29.2 Å². The number of amides is 2. The zero-order chi connectivity index (χ0) is 16.7. The molecule has 1 heterocycles. The number of aryl methyl sites for hydroxylation is 1. The molecule has 0 radical (unpaired) electrons. The van der Waals surface area contributed by atoms with Gasteiger partial charge in [0.1, 0.15) is 0 Å². The standard InChI is InChI=1S/C17H11F2NO3/c1-9-2-4-10(5-3-9)14-15(21)17(23)20(16(14)22)11-6-7-12(18)13(19)8-11/h2-8,21H,1H3. The maximum atomic E-state index is 13.3.